The van der Waals surface area contributed by atoms with Gasteiger partial charge in [0.1, 0.15) is 0 Å². The molecular weight excluding hydrogens is 683 g/mol. The van der Waals surface area contributed by atoms with Gasteiger partial charge in [0.25, 0.3) is 0 Å². The van der Waals surface area contributed by atoms with Gasteiger partial charge in [-0.05, 0) is 110 Å². The second-order valence-corrected chi connectivity index (χ2v) is 15.0. The lowest BCUT2D eigenvalue weighted by Gasteiger charge is -2.35. The number of rotatable bonds is 6. The predicted octanol–water partition coefficient (Wildman–Crippen LogP) is 14.7. The van der Waals surface area contributed by atoms with Gasteiger partial charge in [-0.3, -0.25) is 0 Å². The molecule has 1 aliphatic rings. The number of anilines is 3. The summed E-state index contributed by atoms with van der Waals surface area (Å²) in [6, 6.07) is 55.3. The first-order valence-electron chi connectivity index (χ1n) is 21.9. The highest BCUT2D eigenvalue weighted by atomic mass is 32.1. The van der Waals surface area contributed by atoms with Crippen LogP contribution < -0.4 is 4.90 Å². The Morgan fingerprint density at radius 1 is 0.418 bits per heavy atom. The molecule has 0 saturated carbocycles. The Morgan fingerprint density at radius 3 is 1.95 bits per heavy atom. The Morgan fingerprint density at radius 2 is 1.07 bits per heavy atom. The van der Waals surface area contributed by atoms with Gasteiger partial charge in [-0.15, -0.1) is 11.3 Å². The molecule has 258 valence electrons. The largest absolute Gasteiger partial charge is 0.310 e. The lowest BCUT2D eigenvalue weighted by atomic mass is 9.66. The Bertz CT molecular complexity index is 3430. The molecule has 1 aromatic heterocycles. The topological polar surface area (TPSA) is 3.24 Å². The first kappa shape index (κ1) is 25.3. The molecule has 0 radical (unpaired) electrons. The second-order valence-electron chi connectivity index (χ2n) is 13.9. The maximum Gasteiger partial charge on any atom is 0.0719 e. The Kier molecular flexibility index (Phi) is 5.84. The van der Waals surface area contributed by atoms with Gasteiger partial charge >= 0.3 is 0 Å². The third kappa shape index (κ3) is 4.92. The molecule has 10 aromatic rings. The smallest absolute Gasteiger partial charge is 0.0719 e. The van der Waals surface area contributed by atoms with Crippen molar-refractivity contribution >= 4 is 59.3 Å². The molecular formula is C53H35NS. The molecule has 0 fully saturated rings. The van der Waals surface area contributed by atoms with Crippen LogP contribution in [-0.2, 0) is 5.41 Å². The molecule has 1 nitrogen and oxygen atoms in total. The van der Waals surface area contributed by atoms with Gasteiger partial charge in [-0.25, -0.2) is 0 Å². The summed E-state index contributed by atoms with van der Waals surface area (Å²) < 4.78 is 66.5. The van der Waals surface area contributed by atoms with E-state index in [1.807, 2.05) is 66.7 Å². The van der Waals surface area contributed by atoms with Crippen LogP contribution in [-0.4, -0.2) is 0 Å². The minimum absolute atomic E-state index is 0.0646. The monoisotopic (exact) mass is 724 g/mol. The fourth-order valence-electron chi connectivity index (χ4n) is 8.65. The summed E-state index contributed by atoms with van der Waals surface area (Å²) in [5.41, 5.74) is 8.21. The van der Waals surface area contributed by atoms with Gasteiger partial charge in [0.05, 0.1) is 15.0 Å². The second kappa shape index (κ2) is 12.7. The number of para-hydroxylation sites is 1. The van der Waals surface area contributed by atoms with Crippen molar-refractivity contribution in [2.75, 3.05) is 4.90 Å². The average molecular weight is 725 g/mol. The summed E-state index contributed by atoms with van der Waals surface area (Å²) in [5, 5.41) is 2.13. The summed E-state index contributed by atoms with van der Waals surface area (Å²) in [4.78, 5) is 2.22. The van der Waals surface area contributed by atoms with Crippen molar-refractivity contribution < 1.29 is 9.60 Å². The summed E-state index contributed by atoms with van der Waals surface area (Å²) in [7, 11) is 0. The molecule has 2 heteroatoms. The normalized spacial score (nSPS) is 16.4. The van der Waals surface area contributed by atoms with E-state index in [4.69, 9.17) is 5.48 Å². The third-order valence-electron chi connectivity index (χ3n) is 11.0. The van der Waals surface area contributed by atoms with Gasteiger partial charge in [0.15, 0.2) is 0 Å². The molecule has 0 aliphatic heterocycles. The Labute approximate surface area is 334 Å². The van der Waals surface area contributed by atoms with Crippen LogP contribution in [0.2, 0.25) is 0 Å². The molecule has 1 atom stereocenters. The molecule has 1 aliphatic carbocycles. The quantitative estimate of drug-likeness (QED) is 0.165. The number of benzene rings is 9. The van der Waals surface area contributed by atoms with E-state index in [2.05, 4.69) is 108 Å². The van der Waals surface area contributed by atoms with Crippen molar-refractivity contribution in [1.29, 1.82) is 0 Å². The van der Waals surface area contributed by atoms with E-state index >= 15 is 0 Å². The number of thiophene rings is 1. The highest BCUT2D eigenvalue weighted by Gasteiger charge is 2.47. The van der Waals surface area contributed by atoms with E-state index in [1.165, 1.54) is 0 Å². The number of hydrogen-bond donors (Lipinski definition) is 0. The molecule has 1 unspecified atom stereocenters. The molecule has 0 saturated heterocycles. The van der Waals surface area contributed by atoms with Crippen LogP contribution >= 0.6 is 11.3 Å². The van der Waals surface area contributed by atoms with Gasteiger partial charge < -0.3 is 4.90 Å². The molecule has 0 spiro atoms. The number of fused-ring (bicyclic) bond motifs is 7. The zero-order valence-electron chi connectivity index (χ0n) is 36.5. The van der Waals surface area contributed by atoms with Gasteiger partial charge in [-0.2, -0.15) is 0 Å². The van der Waals surface area contributed by atoms with Crippen LogP contribution in [0.25, 0.3) is 53.2 Å². The van der Waals surface area contributed by atoms with Gasteiger partial charge in [-0.1, -0.05) is 158 Å². The summed E-state index contributed by atoms with van der Waals surface area (Å²) in [6.07, 6.45) is 0. The van der Waals surface area contributed by atoms with E-state index in [9.17, 15) is 4.11 Å². The van der Waals surface area contributed by atoms with E-state index in [0.29, 0.717) is 0 Å². The molecule has 55 heavy (non-hydrogen) atoms. The number of nitrogens with zero attached hydrogens (tertiary/aromatic N) is 1. The number of hydrogen-bond acceptors (Lipinski definition) is 2. The van der Waals surface area contributed by atoms with Crippen molar-refractivity contribution in [2.45, 2.75) is 5.41 Å². The summed E-state index contributed by atoms with van der Waals surface area (Å²) in [5.74, 6) is 0. The average Bonchev–Trinajstić information content (AvgIpc) is 3.83. The van der Waals surface area contributed by atoms with Crippen LogP contribution in [0.4, 0.5) is 17.1 Å². The minimum atomic E-state index is -1.34. The van der Waals surface area contributed by atoms with Gasteiger partial charge in [0, 0.05) is 37.2 Å². The third-order valence-corrected chi connectivity index (χ3v) is 12.2. The maximum atomic E-state index is 9.84. The van der Waals surface area contributed by atoms with Gasteiger partial charge in [0.2, 0.25) is 0 Å². The molecule has 0 amide bonds. The summed E-state index contributed by atoms with van der Waals surface area (Å²) >= 11 is 1.70. The van der Waals surface area contributed by atoms with E-state index in [-0.39, 0.29) is 28.4 Å². The first-order chi connectivity index (χ1) is 30.2. The van der Waals surface area contributed by atoms with Crippen molar-refractivity contribution in [3.8, 4) is 22.3 Å². The van der Waals surface area contributed by atoms with Crippen LogP contribution in [0.15, 0.2) is 212 Å². The molecule has 11 rings (SSSR count). The highest BCUT2D eigenvalue weighted by Crippen LogP contribution is 2.59. The zero-order chi connectivity index (χ0) is 42.4. The molecule has 9 aromatic carbocycles. The predicted molar refractivity (Wildman–Crippen MR) is 234 cm³/mol. The first-order valence-corrected chi connectivity index (χ1v) is 19.2. The molecule has 0 N–H and O–H groups in total. The van der Waals surface area contributed by atoms with E-state index < -0.39 is 35.6 Å². The van der Waals surface area contributed by atoms with Crippen molar-refractivity contribution in [1.82, 2.24) is 0 Å². The zero-order valence-corrected chi connectivity index (χ0v) is 30.3. The van der Waals surface area contributed by atoms with Crippen molar-refractivity contribution in [2.24, 2.45) is 0 Å². The Balaban J connectivity index is 1.24. The minimum Gasteiger partial charge on any atom is -0.310 e. The lowest BCUT2D eigenvalue weighted by molar-refractivity contribution is 0.778. The van der Waals surface area contributed by atoms with Crippen LogP contribution in [0.3, 0.4) is 0 Å². The SMILES string of the molecule is [2H]c1c([2H])c([2H])c2c(C3(c4ccc5sc6ccccc6c5c4)c4ccccc4-c4cc(N(c5ccccc5)c5ccc(-c6ccccc6)cc5)ccc43)c([2H])c([2H])c([2H])c2c1[2H]. The van der Waals surface area contributed by atoms with Crippen molar-refractivity contribution in [3.05, 3.63) is 234 Å². The van der Waals surface area contributed by atoms with E-state index in [1.54, 1.807) is 11.3 Å². The fourth-order valence-corrected chi connectivity index (χ4v) is 9.73. The van der Waals surface area contributed by atoms with Crippen LogP contribution in [0.5, 0.6) is 0 Å². The van der Waals surface area contributed by atoms with Crippen LogP contribution in [0.1, 0.15) is 31.8 Å². The standard InChI is InChI=1S/C53H35NS/c1-3-14-36(15-4-1)37-26-29-41(30-27-37)54(40-18-5-2-6-19-40)42-31-32-50-46(35-42)44-21-9-11-23-49(44)53(50,48-24-13-17-38-16-7-8-20-43(38)48)39-28-33-52-47(34-39)45-22-10-12-25-51(45)55-52/h1-35H/i7D,8D,13D,16D,17D,20D,24D. The van der Waals surface area contributed by atoms with Crippen molar-refractivity contribution in [3.63, 3.8) is 0 Å². The molecule has 0 bridgehead atoms. The summed E-state index contributed by atoms with van der Waals surface area (Å²) in [6.45, 7) is 0. The van der Waals surface area contributed by atoms with Crippen LogP contribution in [0, 0.1) is 0 Å². The molecule has 1 heterocycles. The lowest BCUT2D eigenvalue weighted by Crippen LogP contribution is -2.29. The van der Waals surface area contributed by atoms with E-state index in [0.717, 1.165) is 76.2 Å². The Hall–Kier alpha value is -6.74. The highest BCUT2D eigenvalue weighted by molar-refractivity contribution is 7.25. The maximum absolute atomic E-state index is 9.84. The fraction of sp³-hybridized carbons (Fsp3) is 0.0189.